The number of ether oxygens (including phenoxy) is 2. The molecule has 0 aromatic rings. The summed E-state index contributed by atoms with van der Waals surface area (Å²) in [6.45, 7) is -0.0852. The summed E-state index contributed by atoms with van der Waals surface area (Å²) in [5.74, 6) is -0.961. The molecule has 2 N–H and O–H groups in total. The van der Waals surface area contributed by atoms with E-state index in [1.54, 1.807) is 0 Å². The third kappa shape index (κ3) is 2.65. The van der Waals surface area contributed by atoms with E-state index in [1.807, 2.05) is 0 Å². The third-order valence-corrected chi connectivity index (χ3v) is 2.75. The lowest BCUT2D eigenvalue weighted by atomic mass is 9.75. The first-order valence-corrected chi connectivity index (χ1v) is 4.80. The maximum absolute atomic E-state index is 12.4. The highest BCUT2D eigenvalue weighted by atomic mass is 19.4. The molecule has 0 saturated carbocycles. The van der Waals surface area contributed by atoms with E-state index in [0.29, 0.717) is 0 Å². The molecule has 2 atom stereocenters. The second kappa shape index (κ2) is 4.58. The van der Waals surface area contributed by atoms with Gasteiger partial charge in [0.15, 0.2) is 0 Å². The van der Waals surface area contributed by atoms with Crippen LogP contribution in [0.2, 0.25) is 0 Å². The number of hydrogen-bond donors (Lipinski definition) is 1. The van der Waals surface area contributed by atoms with Gasteiger partial charge in [-0.2, -0.15) is 13.2 Å². The zero-order valence-corrected chi connectivity index (χ0v) is 8.84. The van der Waals surface area contributed by atoms with Gasteiger partial charge in [0.25, 0.3) is 0 Å². The minimum Gasteiger partial charge on any atom is -0.468 e. The lowest BCUT2D eigenvalue weighted by molar-refractivity contribution is -0.197. The monoisotopic (exact) mass is 241 g/mol. The molecule has 0 radical (unpaired) electrons. The zero-order valence-electron chi connectivity index (χ0n) is 8.84. The molecule has 0 aromatic carbocycles. The number of carbonyl (C=O) groups excluding carboxylic acids is 1. The fourth-order valence-corrected chi connectivity index (χ4v) is 1.87. The Labute approximate surface area is 90.9 Å². The average molecular weight is 241 g/mol. The Kier molecular flexibility index (Phi) is 3.80. The molecule has 1 aliphatic heterocycles. The fraction of sp³-hybridized carbons (Fsp3) is 0.889. The van der Waals surface area contributed by atoms with E-state index in [2.05, 4.69) is 4.74 Å². The van der Waals surface area contributed by atoms with E-state index in [4.69, 9.17) is 10.5 Å². The van der Waals surface area contributed by atoms with E-state index >= 15 is 0 Å². The van der Waals surface area contributed by atoms with E-state index < -0.39 is 30.0 Å². The predicted molar refractivity (Wildman–Crippen MR) is 48.5 cm³/mol. The maximum atomic E-state index is 12.4. The van der Waals surface area contributed by atoms with Crippen molar-refractivity contribution in [2.24, 2.45) is 11.1 Å². The van der Waals surface area contributed by atoms with E-state index in [-0.39, 0.29) is 19.6 Å². The summed E-state index contributed by atoms with van der Waals surface area (Å²) in [5.41, 5.74) is 3.82. The van der Waals surface area contributed by atoms with Crippen molar-refractivity contribution in [1.29, 1.82) is 0 Å². The largest absolute Gasteiger partial charge is 0.468 e. The molecule has 16 heavy (non-hydrogen) atoms. The van der Waals surface area contributed by atoms with E-state index in [9.17, 15) is 18.0 Å². The molecule has 0 bridgehead atoms. The summed E-state index contributed by atoms with van der Waals surface area (Å²) in [7, 11) is 1.04. The summed E-state index contributed by atoms with van der Waals surface area (Å²) in [4.78, 5) is 11.5. The molecule has 1 fully saturated rings. The van der Waals surface area contributed by atoms with Gasteiger partial charge in [-0.25, -0.2) is 0 Å². The van der Waals surface area contributed by atoms with Crippen LogP contribution in [0.1, 0.15) is 12.8 Å². The molecule has 94 valence electrons. The fourth-order valence-electron chi connectivity index (χ4n) is 1.87. The highest BCUT2D eigenvalue weighted by molar-refractivity contribution is 5.78. The lowest BCUT2D eigenvalue weighted by Gasteiger charge is -2.39. The van der Waals surface area contributed by atoms with Gasteiger partial charge in [0.2, 0.25) is 0 Å². The van der Waals surface area contributed by atoms with Gasteiger partial charge in [0, 0.05) is 12.6 Å². The zero-order chi connectivity index (χ0) is 12.4. The van der Waals surface area contributed by atoms with Crippen LogP contribution in [0.3, 0.4) is 0 Å². The Balaban J connectivity index is 2.95. The van der Waals surface area contributed by atoms with Crippen molar-refractivity contribution >= 4 is 5.97 Å². The molecule has 4 nitrogen and oxygen atoms in total. The Morgan fingerprint density at radius 1 is 1.62 bits per heavy atom. The standard InChI is InChI=1S/C9H14F3NO3/c1-15-7(14)8(4-9(10,11)12)5-16-3-2-6(8)13/h6H,2-5,13H2,1H3. The molecule has 0 aliphatic carbocycles. The molecular formula is C9H14F3NO3. The van der Waals surface area contributed by atoms with E-state index in [0.717, 1.165) is 7.11 Å². The number of alkyl halides is 3. The third-order valence-electron chi connectivity index (χ3n) is 2.75. The molecule has 1 saturated heterocycles. The van der Waals surface area contributed by atoms with Crippen molar-refractivity contribution in [2.75, 3.05) is 20.3 Å². The van der Waals surface area contributed by atoms with Gasteiger partial charge < -0.3 is 15.2 Å². The topological polar surface area (TPSA) is 61.5 Å². The maximum Gasteiger partial charge on any atom is 0.390 e. The Bertz CT molecular complexity index is 269. The minimum absolute atomic E-state index is 0.213. The first kappa shape index (κ1) is 13.2. The van der Waals surface area contributed by atoms with E-state index in [1.165, 1.54) is 0 Å². The molecule has 0 spiro atoms. The second-order valence-corrected chi connectivity index (χ2v) is 3.89. The van der Waals surface area contributed by atoms with Gasteiger partial charge in [-0.05, 0) is 6.42 Å². The molecule has 7 heteroatoms. The van der Waals surface area contributed by atoms with Crippen molar-refractivity contribution in [3.8, 4) is 0 Å². The predicted octanol–water partition coefficient (Wildman–Crippen LogP) is 0.846. The lowest BCUT2D eigenvalue weighted by Crippen LogP contribution is -2.56. The van der Waals surface area contributed by atoms with Crippen molar-refractivity contribution in [3.05, 3.63) is 0 Å². The molecular weight excluding hydrogens is 227 g/mol. The van der Waals surface area contributed by atoms with Crippen LogP contribution < -0.4 is 5.73 Å². The molecule has 0 aromatic heterocycles. The summed E-state index contributed by atoms with van der Waals surface area (Å²) in [6, 6.07) is -0.893. The van der Waals surface area contributed by atoms with Crippen LogP contribution in [-0.4, -0.2) is 38.5 Å². The highest BCUT2D eigenvalue weighted by Crippen LogP contribution is 2.40. The van der Waals surface area contributed by atoms with Crippen LogP contribution in [0.5, 0.6) is 0 Å². The molecule has 1 rings (SSSR count). The summed E-state index contributed by atoms with van der Waals surface area (Å²) < 4.78 is 46.7. The van der Waals surface area contributed by atoms with Crippen LogP contribution >= 0.6 is 0 Å². The highest BCUT2D eigenvalue weighted by Gasteiger charge is 2.54. The first-order valence-electron chi connectivity index (χ1n) is 4.80. The number of rotatable bonds is 2. The van der Waals surface area contributed by atoms with Crippen molar-refractivity contribution in [3.63, 3.8) is 0 Å². The average Bonchev–Trinajstić information content (AvgIpc) is 2.18. The number of nitrogens with two attached hydrogens (primary N) is 1. The first-order chi connectivity index (χ1) is 7.32. The van der Waals surface area contributed by atoms with Crippen LogP contribution in [0.4, 0.5) is 13.2 Å². The van der Waals surface area contributed by atoms with Gasteiger partial charge in [-0.1, -0.05) is 0 Å². The van der Waals surface area contributed by atoms with Crippen LogP contribution in [-0.2, 0) is 14.3 Å². The van der Waals surface area contributed by atoms with Crippen LogP contribution in [0.25, 0.3) is 0 Å². The van der Waals surface area contributed by atoms with Gasteiger partial charge in [-0.15, -0.1) is 0 Å². The summed E-state index contributed by atoms with van der Waals surface area (Å²) >= 11 is 0. The SMILES string of the molecule is COC(=O)C1(CC(F)(F)F)COCCC1N. The normalized spacial score (nSPS) is 31.2. The second-order valence-electron chi connectivity index (χ2n) is 3.89. The van der Waals surface area contributed by atoms with Gasteiger partial charge >= 0.3 is 12.1 Å². The van der Waals surface area contributed by atoms with Crippen LogP contribution in [0.15, 0.2) is 0 Å². The summed E-state index contributed by atoms with van der Waals surface area (Å²) in [6.07, 6.45) is -5.58. The Morgan fingerprint density at radius 2 is 2.25 bits per heavy atom. The number of methoxy groups -OCH3 is 1. The number of halogens is 3. The molecule has 0 amide bonds. The molecule has 1 heterocycles. The number of esters is 1. The van der Waals surface area contributed by atoms with Crippen molar-refractivity contribution in [2.45, 2.75) is 25.1 Å². The van der Waals surface area contributed by atoms with Gasteiger partial charge in [0.1, 0.15) is 5.41 Å². The molecule has 1 aliphatic rings. The van der Waals surface area contributed by atoms with Gasteiger partial charge in [0.05, 0.1) is 20.1 Å². The smallest absolute Gasteiger partial charge is 0.390 e. The number of carbonyl (C=O) groups is 1. The van der Waals surface area contributed by atoms with Crippen molar-refractivity contribution in [1.82, 2.24) is 0 Å². The molecule has 2 unspecified atom stereocenters. The van der Waals surface area contributed by atoms with Crippen molar-refractivity contribution < 1.29 is 27.4 Å². The van der Waals surface area contributed by atoms with Gasteiger partial charge in [-0.3, -0.25) is 4.79 Å². The Morgan fingerprint density at radius 3 is 2.69 bits per heavy atom. The Hall–Kier alpha value is -0.820. The summed E-state index contributed by atoms with van der Waals surface area (Å²) in [5, 5.41) is 0. The minimum atomic E-state index is -4.48. The van der Waals surface area contributed by atoms with Crippen LogP contribution in [0, 0.1) is 5.41 Å². The quantitative estimate of drug-likeness (QED) is 0.728. The number of hydrogen-bond acceptors (Lipinski definition) is 4.